The van der Waals surface area contributed by atoms with Crippen LogP contribution in [0, 0.1) is 11.3 Å². The van der Waals surface area contributed by atoms with Crippen LogP contribution >= 0.6 is 0 Å². The molecule has 0 N–H and O–H groups in total. The van der Waals surface area contributed by atoms with Gasteiger partial charge in [-0.3, -0.25) is 0 Å². The van der Waals surface area contributed by atoms with Crippen LogP contribution in [0.25, 0.3) is 12.2 Å². The smallest absolute Gasteiger partial charge is 0.0997 e. The van der Waals surface area contributed by atoms with Crippen molar-refractivity contribution in [3.05, 3.63) is 84.4 Å². The fourth-order valence-electron chi connectivity index (χ4n) is 1.37. The summed E-state index contributed by atoms with van der Waals surface area (Å²) in [6.07, 6.45) is 3.51. The van der Waals surface area contributed by atoms with E-state index in [1.165, 1.54) is 5.56 Å². The van der Waals surface area contributed by atoms with Crippen LogP contribution in [0.15, 0.2) is 67.8 Å². The molecule has 0 aliphatic rings. The molecule has 0 heterocycles. The van der Waals surface area contributed by atoms with E-state index >= 15 is 0 Å². The lowest BCUT2D eigenvalue weighted by molar-refractivity contribution is 1.47. The average Bonchev–Trinajstić information content (AvgIpc) is 2.48. The Morgan fingerprint density at radius 1 is 0.833 bits per heavy atom. The van der Waals surface area contributed by atoms with Gasteiger partial charge >= 0.3 is 0 Å². The monoisotopic (exact) mass is 233 g/mol. The third-order valence-corrected chi connectivity index (χ3v) is 2.34. The molecule has 2 aromatic rings. The summed E-state index contributed by atoms with van der Waals surface area (Å²) in [5, 5.41) is 8.55. The van der Waals surface area contributed by atoms with Gasteiger partial charge in [-0.15, -0.1) is 0 Å². The van der Waals surface area contributed by atoms with Crippen molar-refractivity contribution in [3.8, 4) is 6.07 Å². The summed E-state index contributed by atoms with van der Waals surface area (Å²) in [6.45, 7) is 7.22. The van der Waals surface area contributed by atoms with E-state index < -0.39 is 0 Å². The van der Waals surface area contributed by atoms with Gasteiger partial charge in [0, 0.05) is 0 Å². The maximum atomic E-state index is 8.55. The van der Waals surface area contributed by atoms with E-state index in [4.69, 9.17) is 5.26 Å². The van der Waals surface area contributed by atoms with E-state index in [9.17, 15) is 0 Å². The van der Waals surface area contributed by atoms with Crippen LogP contribution in [0.2, 0.25) is 0 Å². The molecule has 0 atom stereocenters. The Labute approximate surface area is 108 Å². The Kier molecular flexibility index (Phi) is 5.72. The topological polar surface area (TPSA) is 23.8 Å². The van der Waals surface area contributed by atoms with E-state index in [-0.39, 0.29) is 0 Å². The molecule has 0 aromatic heterocycles. The van der Waals surface area contributed by atoms with E-state index in [1.807, 2.05) is 54.6 Å². The summed E-state index contributed by atoms with van der Waals surface area (Å²) in [7, 11) is 0. The standard InChI is InChI=1S/C9H7N.C8H8/c1-2-8-5-3-4-6-9(8)7-10;1-2-8-6-4-3-5-7-8/h2-6H,1H2;2-7H,1H2. The summed E-state index contributed by atoms with van der Waals surface area (Å²) in [5.74, 6) is 0. The molecule has 18 heavy (non-hydrogen) atoms. The van der Waals surface area contributed by atoms with Crippen LogP contribution < -0.4 is 0 Å². The molecule has 0 unspecified atom stereocenters. The van der Waals surface area contributed by atoms with Crippen molar-refractivity contribution in [1.29, 1.82) is 5.26 Å². The van der Waals surface area contributed by atoms with Crippen molar-refractivity contribution in [2.24, 2.45) is 0 Å². The molecule has 1 nitrogen and oxygen atoms in total. The van der Waals surface area contributed by atoms with Crippen molar-refractivity contribution in [2.75, 3.05) is 0 Å². The third-order valence-electron chi connectivity index (χ3n) is 2.34. The minimum absolute atomic E-state index is 0.678. The van der Waals surface area contributed by atoms with E-state index in [0.717, 1.165) is 5.56 Å². The summed E-state index contributed by atoms with van der Waals surface area (Å²) in [5.41, 5.74) is 2.75. The summed E-state index contributed by atoms with van der Waals surface area (Å²) < 4.78 is 0. The molecule has 0 saturated carbocycles. The van der Waals surface area contributed by atoms with Gasteiger partial charge in [-0.05, 0) is 17.2 Å². The normalized spacial score (nSPS) is 8.39. The zero-order valence-electron chi connectivity index (χ0n) is 10.2. The Bertz CT molecular complexity index is 547. The van der Waals surface area contributed by atoms with Gasteiger partial charge in [0.1, 0.15) is 0 Å². The fourth-order valence-corrected chi connectivity index (χ4v) is 1.37. The summed E-state index contributed by atoms with van der Waals surface area (Å²) in [6, 6.07) is 19.5. The SMILES string of the molecule is C=Cc1ccccc1.C=Cc1ccccc1C#N. The van der Waals surface area contributed by atoms with Gasteiger partial charge in [-0.2, -0.15) is 5.26 Å². The van der Waals surface area contributed by atoms with Crippen LogP contribution in [0.4, 0.5) is 0 Å². The first kappa shape index (κ1) is 13.5. The first-order valence-electron chi connectivity index (χ1n) is 5.61. The van der Waals surface area contributed by atoms with Gasteiger partial charge in [-0.1, -0.05) is 73.8 Å². The largest absolute Gasteiger partial charge is 0.192 e. The second kappa shape index (κ2) is 7.65. The minimum atomic E-state index is 0.678. The second-order valence-electron chi connectivity index (χ2n) is 3.52. The number of hydrogen-bond donors (Lipinski definition) is 0. The predicted octanol–water partition coefficient (Wildman–Crippen LogP) is 4.53. The fraction of sp³-hybridized carbons (Fsp3) is 0. The van der Waals surface area contributed by atoms with Gasteiger partial charge in [0.2, 0.25) is 0 Å². The van der Waals surface area contributed by atoms with E-state index in [1.54, 1.807) is 12.1 Å². The maximum absolute atomic E-state index is 8.55. The molecule has 2 aromatic carbocycles. The summed E-state index contributed by atoms with van der Waals surface area (Å²) in [4.78, 5) is 0. The van der Waals surface area contributed by atoms with Crippen LogP contribution in [-0.2, 0) is 0 Å². The highest BCUT2D eigenvalue weighted by Crippen LogP contribution is 2.07. The quantitative estimate of drug-likeness (QED) is 0.747. The zero-order valence-corrected chi connectivity index (χ0v) is 10.2. The van der Waals surface area contributed by atoms with Gasteiger partial charge in [-0.25, -0.2) is 0 Å². The Balaban J connectivity index is 0.000000184. The maximum Gasteiger partial charge on any atom is 0.0997 e. The van der Waals surface area contributed by atoms with E-state index in [0.29, 0.717) is 5.56 Å². The molecule has 88 valence electrons. The van der Waals surface area contributed by atoms with Crippen LogP contribution in [0.3, 0.4) is 0 Å². The molecule has 0 bridgehead atoms. The molecule has 0 aliphatic carbocycles. The first-order valence-corrected chi connectivity index (χ1v) is 5.61. The van der Waals surface area contributed by atoms with Crippen LogP contribution in [0.1, 0.15) is 16.7 Å². The van der Waals surface area contributed by atoms with Gasteiger partial charge < -0.3 is 0 Å². The second-order valence-corrected chi connectivity index (χ2v) is 3.52. The Morgan fingerprint density at radius 3 is 1.89 bits per heavy atom. The van der Waals surface area contributed by atoms with Crippen LogP contribution in [-0.4, -0.2) is 0 Å². The highest BCUT2D eigenvalue weighted by Gasteiger charge is 1.92. The van der Waals surface area contributed by atoms with Crippen molar-refractivity contribution in [2.45, 2.75) is 0 Å². The molecular formula is C17H15N. The minimum Gasteiger partial charge on any atom is -0.192 e. The lowest BCUT2D eigenvalue weighted by Crippen LogP contribution is -1.77. The van der Waals surface area contributed by atoms with Crippen molar-refractivity contribution < 1.29 is 0 Å². The molecule has 0 saturated heterocycles. The average molecular weight is 233 g/mol. The van der Waals surface area contributed by atoms with E-state index in [2.05, 4.69) is 19.2 Å². The highest BCUT2D eigenvalue weighted by atomic mass is 14.2. The number of hydrogen-bond acceptors (Lipinski definition) is 1. The molecule has 1 heteroatoms. The van der Waals surface area contributed by atoms with Gasteiger partial charge in [0.05, 0.1) is 11.6 Å². The van der Waals surface area contributed by atoms with Crippen molar-refractivity contribution in [1.82, 2.24) is 0 Å². The summed E-state index contributed by atoms with van der Waals surface area (Å²) >= 11 is 0. The number of nitriles is 1. The lowest BCUT2D eigenvalue weighted by Gasteiger charge is -1.92. The molecule has 0 amide bonds. The zero-order chi connectivity index (χ0) is 13.2. The Morgan fingerprint density at radius 2 is 1.44 bits per heavy atom. The molecule has 0 spiro atoms. The van der Waals surface area contributed by atoms with Gasteiger partial charge in [0.15, 0.2) is 0 Å². The molecule has 0 radical (unpaired) electrons. The number of nitrogens with zero attached hydrogens (tertiary/aromatic N) is 1. The Hall–Kier alpha value is -2.59. The highest BCUT2D eigenvalue weighted by molar-refractivity contribution is 5.56. The predicted molar refractivity (Wildman–Crippen MR) is 77.8 cm³/mol. The lowest BCUT2D eigenvalue weighted by atomic mass is 10.1. The molecule has 0 aliphatic heterocycles. The number of rotatable bonds is 2. The number of benzene rings is 2. The van der Waals surface area contributed by atoms with Crippen molar-refractivity contribution >= 4 is 12.2 Å². The van der Waals surface area contributed by atoms with Crippen LogP contribution in [0.5, 0.6) is 0 Å². The third kappa shape index (κ3) is 4.11. The molecule has 2 rings (SSSR count). The molecular weight excluding hydrogens is 218 g/mol. The van der Waals surface area contributed by atoms with Crippen molar-refractivity contribution in [3.63, 3.8) is 0 Å². The first-order chi connectivity index (χ1) is 8.81. The molecule has 0 fully saturated rings. The van der Waals surface area contributed by atoms with Gasteiger partial charge in [0.25, 0.3) is 0 Å².